The van der Waals surface area contributed by atoms with Crippen molar-refractivity contribution in [1.82, 2.24) is 5.16 Å². The predicted octanol–water partition coefficient (Wildman–Crippen LogP) is 2.82. The average Bonchev–Trinajstić information content (AvgIpc) is 2.67. The van der Waals surface area contributed by atoms with Gasteiger partial charge in [0.1, 0.15) is 5.69 Å². The monoisotopic (exact) mass is 176 g/mol. The van der Waals surface area contributed by atoms with Gasteiger partial charge in [0.25, 0.3) is 0 Å². The number of nitrogens with zero attached hydrogens (tertiary/aromatic N) is 1. The third-order valence-corrected chi connectivity index (χ3v) is 1.71. The van der Waals surface area contributed by atoms with Crippen LogP contribution in [0, 0.1) is 6.67 Å². The highest BCUT2D eigenvalue weighted by molar-refractivity contribution is 5.58. The highest BCUT2D eigenvalue weighted by Gasteiger charge is 2.04. The van der Waals surface area contributed by atoms with Crippen molar-refractivity contribution in [2.75, 3.05) is 0 Å². The molecule has 0 saturated carbocycles. The molecule has 65 valence electrons. The second-order valence-electron chi connectivity index (χ2n) is 2.59. The fraction of sp³-hybridized carbons (Fsp3) is 0. The van der Waals surface area contributed by atoms with E-state index in [1.807, 2.05) is 30.3 Å². The Morgan fingerprint density at radius 2 is 2.00 bits per heavy atom. The van der Waals surface area contributed by atoms with Crippen LogP contribution in [0.2, 0.25) is 0 Å². The van der Waals surface area contributed by atoms with Crippen LogP contribution < -0.4 is 0 Å². The summed E-state index contributed by atoms with van der Waals surface area (Å²) in [5, 5.41) is 3.71. The number of rotatable bonds is 2. The SMILES string of the molecule is F[CH]c1cc(-c2ccccc2)no1. The third-order valence-electron chi connectivity index (χ3n) is 1.71. The van der Waals surface area contributed by atoms with Crippen molar-refractivity contribution >= 4 is 0 Å². The van der Waals surface area contributed by atoms with Crippen LogP contribution in [0.3, 0.4) is 0 Å². The van der Waals surface area contributed by atoms with Crippen molar-refractivity contribution in [3.8, 4) is 11.3 Å². The maximum Gasteiger partial charge on any atom is 0.199 e. The lowest BCUT2D eigenvalue weighted by molar-refractivity contribution is 0.383. The van der Waals surface area contributed by atoms with Crippen LogP contribution in [-0.2, 0) is 0 Å². The zero-order chi connectivity index (χ0) is 9.10. The molecule has 0 N–H and O–H groups in total. The number of benzene rings is 1. The lowest BCUT2D eigenvalue weighted by Gasteiger charge is -1.90. The summed E-state index contributed by atoms with van der Waals surface area (Å²) in [5.74, 6) is 0.138. The van der Waals surface area contributed by atoms with Crippen molar-refractivity contribution in [2.45, 2.75) is 0 Å². The number of aromatic nitrogens is 1. The van der Waals surface area contributed by atoms with Crippen molar-refractivity contribution < 1.29 is 8.91 Å². The summed E-state index contributed by atoms with van der Waals surface area (Å²) >= 11 is 0. The molecule has 0 bridgehead atoms. The van der Waals surface area contributed by atoms with E-state index in [1.165, 1.54) is 0 Å². The van der Waals surface area contributed by atoms with E-state index in [0.717, 1.165) is 5.56 Å². The van der Waals surface area contributed by atoms with Crippen LogP contribution in [0.5, 0.6) is 0 Å². The van der Waals surface area contributed by atoms with Gasteiger partial charge in [0.05, 0.1) is 0 Å². The van der Waals surface area contributed by atoms with Crippen LogP contribution in [0.4, 0.5) is 4.39 Å². The summed E-state index contributed by atoms with van der Waals surface area (Å²) < 4.78 is 16.7. The molecule has 1 aromatic heterocycles. The molecule has 0 saturated heterocycles. The second-order valence-corrected chi connectivity index (χ2v) is 2.59. The van der Waals surface area contributed by atoms with Gasteiger partial charge in [-0.15, -0.1) is 0 Å². The minimum atomic E-state index is 0.138. The Labute approximate surface area is 75.0 Å². The van der Waals surface area contributed by atoms with E-state index < -0.39 is 0 Å². The fourth-order valence-electron chi connectivity index (χ4n) is 1.09. The first-order valence-electron chi connectivity index (χ1n) is 3.86. The van der Waals surface area contributed by atoms with Gasteiger partial charge in [0.2, 0.25) is 0 Å². The van der Waals surface area contributed by atoms with Gasteiger partial charge in [-0.25, -0.2) is 4.39 Å². The van der Waals surface area contributed by atoms with Gasteiger partial charge in [0.15, 0.2) is 12.4 Å². The lowest BCUT2D eigenvalue weighted by Crippen LogP contribution is -1.73. The summed E-state index contributed by atoms with van der Waals surface area (Å²) in [6, 6.07) is 11.0. The summed E-state index contributed by atoms with van der Waals surface area (Å²) in [4.78, 5) is 0. The van der Waals surface area contributed by atoms with Crippen molar-refractivity contribution in [3.63, 3.8) is 0 Å². The maximum absolute atomic E-state index is 12.0. The maximum atomic E-state index is 12.0. The normalized spacial score (nSPS) is 10.2. The predicted molar refractivity (Wildman–Crippen MR) is 46.4 cm³/mol. The smallest absolute Gasteiger partial charge is 0.199 e. The molecular weight excluding hydrogens is 169 g/mol. The van der Waals surface area contributed by atoms with E-state index in [4.69, 9.17) is 0 Å². The van der Waals surface area contributed by atoms with Crippen LogP contribution in [0.25, 0.3) is 11.3 Å². The van der Waals surface area contributed by atoms with E-state index in [9.17, 15) is 4.39 Å². The first kappa shape index (κ1) is 7.98. The van der Waals surface area contributed by atoms with Gasteiger partial charge in [-0.2, -0.15) is 0 Å². The molecule has 2 aromatic rings. The van der Waals surface area contributed by atoms with E-state index >= 15 is 0 Å². The zero-order valence-electron chi connectivity index (χ0n) is 6.77. The average molecular weight is 176 g/mol. The molecule has 0 fully saturated rings. The minimum Gasteiger partial charge on any atom is -0.357 e. The lowest BCUT2D eigenvalue weighted by atomic mass is 10.1. The van der Waals surface area contributed by atoms with Gasteiger partial charge in [0, 0.05) is 11.6 Å². The number of halogens is 1. The van der Waals surface area contributed by atoms with Gasteiger partial charge in [-0.05, 0) is 0 Å². The first-order chi connectivity index (χ1) is 6.40. The van der Waals surface area contributed by atoms with Crippen LogP contribution in [0.1, 0.15) is 5.76 Å². The van der Waals surface area contributed by atoms with E-state index in [0.29, 0.717) is 12.4 Å². The molecule has 1 aromatic carbocycles. The Hall–Kier alpha value is -1.64. The highest BCUT2D eigenvalue weighted by atomic mass is 19.1. The fourth-order valence-corrected chi connectivity index (χ4v) is 1.09. The van der Waals surface area contributed by atoms with Crippen LogP contribution in [-0.4, -0.2) is 5.16 Å². The summed E-state index contributed by atoms with van der Waals surface area (Å²) in [6.45, 7) is 0.388. The molecule has 1 heterocycles. The van der Waals surface area contributed by atoms with E-state index in [-0.39, 0.29) is 5.76 Å². The Morgan fingerprint density at radius 1 is 1.23 bits per heavy atom. The number of hydrogen-bond acceptors (Lipinski definition) is 2. The molecular formula is C10H7FNO. The topological polar surface area (TPSA) is 26.0 Å². The Balaban J connectivity index is 2.36. The third kappa shape index (κ3) is 1.59. The first-order valence-corrected chi connectivity index (χ1v) is 3.86. The van der Waals surface area contributed by atoms with E-state index in [1.54, 1.807) is 6.07 Å². The van der Waals surface area contributed by atoms with E-state index in [2.05, 4.69) is 9.68 Å². The Morgan fingerprint density at radius 3 is 2.62 bits per heavy atom. The van der Waals surface area contributed by atoms with Crippen LogP contribution >= 0.6 is 0 Å². The molecule has 0 aliphatic heterocycles. The molecule has 3 heteroatoms. The van der Waals surface area contributed by atoms with Crippen LogP contribution in [0.15, 0.2) is 40.9 Å². The summed E-state index contributed by atoms with van der Waals surface area (Å²) in [7, 11) is 0. The van der Waals surface area contributed by atoms with Gasteiger partial charge in [-0.3, -0.25) is 0 Å². The van der Waals surface area contributed by atoms with Gasteiger partial charge in [-0.1, -0.05) is 35.5 Å². The van der Waals surface area contributed by atoms with Gasteiger partial charge < -0.3 is 4.52 Å². The summed E-state index contributed by atoms with van der Waals surface area (Å²) in [6.07, 6.45) is 0. The number of hydrogen-bond donors (Lipinski definition) is 0. The molecule has 13 heavy (non-hydrogen) atoms. The standard InChI is InChI=1S/C10H7FNO/c11-7-9-6-10(12-13-9)8-4-2-1-3-5-8/h1-7H. The highest BCUT2D eigenvalue weighted by Crippen LogP contribution is 2.19. The molecule has 0 spiro atoms. The Kier molecular flexibility index (Phi) is 2.08. The quantitative estimate of drug-likeness (QED) is 0.703. The molecule has 0 aliphatic carbocycles. The molecule has 0 atom stereocenters. The summed E-state index contributed by atoms with van der Waals surface area (Å²) in [5.41, 5.74) is 1.56. The zero-order valence-corrected chi connectivity index (χ0v) is 6.77. The minimum absolute atomic E-state index is 0.138. The molecule has 2 rings (SSSR count). The van der Waals surface area contributed by atoms with Crippen molar-refractivity contribution in [2.24, 2.45) is 0 Å². The van der Waals surface area contributed by atoms with Gasteiger partial charge >= 0.3 is 0 Å². The molecule has 2 nitrogen and oxygen atoms in total. The molecule has 1 radical (unpaired) electrons. The van der Waals surface area contributed by atoms with Crippen molar-refractivity contribution in [1.29, 1.82) is 0 Å². The molecule has 0 amide bonds. The molecule has 0 unspecified atom stereocenters. The van der Waals surface area contributed by atoms with Crippen molar-refractivity contribution in [3.05, 3.63) is 48.8 Å². The molecule has 0 aliphatic rings. The largest absolute Gasteiger partial charge is 0.357 e. The Bertz CT molecular complexity index is 383. The second kappa shape index (κ2) is 3.39.